The summed E-state index contributed by atoms with van der Waals surface area (Å²) in [6, 6.07) is 6.27. The fraction of sp³-hybridized carbons (Fsp3) is 0.467. The minimum absolute atomic E-state index is 0.0257. The third-order valence-corrected chi connectivity index (χ3v) is 2.96. The average Bonchev–Trinajstić information content (AvgIpc) is 2.45. The Hall–Kier alpha value is -2.08. The van der Waals surface area contributed by atoms with Crippen LogP contribution in [0.2, 0.25) is 0 Å². The molecule has 2 N–H and O–H groups in total. The van der Waals surface area contributed by atoms with Crippen molar-refractivity contribution in [2.75, 3.05) is 20.2 Å². The van der Waals surface area contributed by atoms with E-state index in [0.717, 1.165) is 5.56 Å². The van der Waals surface area contributed by atoms with E-state index in [1.54, 1.807) is 19.2 Å². The second-order valence-corrected chi connectivity index (χ2v) is 4.81. The Labute approximate surface area is 124 Å². The molecule has 116 valence electrons. The minimum Gasteiger partial charge on any atom is -0.478 e. The lowest BCUT2D eigenvalue weighted by atomic mass is 10.1. The molecule has 0 aliphatic rings. The Morgan fingerprint density at radius 1 is 1.33 bits per heavy atom. The number of amides is 2. The number of carboxylic acids is 1. The first kappa shape index (κ1) is 17.0. The van der Waals surface area contributed by atoms with Gasteiger partial charge in [0.1, 0.15) is 0 Å². The smallest absolute Gasteiger partial charge is 0.335 e. The SMILES string of the molecule is CCOC(C)CNC(=O)N(C)Cc1ccc(C(=O)O)cc1. The molecule has 0 heterocycles. The molecule has 0 radical (unpaired) electrons. The lowest BCUT2D eigenvalue weighted by Crippen LogP contribution is -2.40. The summed E-state index contributed by atoms with van der Waals surface area (Å²) in [5.74, 6) is -0.961. The molecule has 6 nitrogen and oxygen atoms in total. The number of rotatable bonds is 7. The molecule has 0 saturated carbocycles. The average molecular weight is 294 g/mol. The maximum Gasteiger partial charge on any atom is 0.335 e. The van der Waals surface area contributed by atoms with Gasteiger partial charge in [-0.05, 0) is 31.5 Å². The molecule has 0 aromatic heterocycles. The highest BCUT2D eigenvalue weighted by Gasteiger charge is 2.11. The predicted octanol–water partition coefficient (Wildman–Crippen LogP) is 1.95. The van der Waals surface area contributed by atoms with Gasteiger partial charge in [-0.3, -0.25) is 0 Å². The van der Waals surface area contributed by atoms with Gasteiger partial charge in [0.2, 0.25) is 0 Å². The lowest BCUT2D eigenvalue weighted by molar-refractivity contribution is 0.0696. The molecule has 0 bridgehead atoms. The van der Waals surface area contributed by atoms with Crippen LogP contribution in [0.5, 0.6) is 0 Å². The van der Waals surface area contributed by atoms with E-state index in [-0.39, 0.29) is 17.7 Å². The second-order valence-electron chi connectivity index (χ2n) is 4.81. The molecule has 0 spiro atoms. The number of carbonyl (C=O) groups is 2. The summed E-state index contributed by atoms with van der Waals surface area (Å²) >= 11 is 0. The van der Waals surface area contributed by atoms with Crippen LogP contribution in [0.3, 0.4) is 0 Å². The van der Waals surface area contributed by atoms with Crippen LogP contribution >= 0.6 is 0 Å². The van der Waals surface area contributed by atoms with E-state index in [0.29, 0.717) is 19.7 Å². The topological polar surface area (TPSA) is 78.9 Å². The van der Waals surface area contributed by atoms with Gasteiger partial charge in [0.05, 0.1) is 11.7 Å². The highest BCUT2D eigenvalue weighted by Crippen LogP contribution is 2.07. The molecule has 1 aromatic rings. The highest BCUT2D eigenvalue weighted by molar-refractivity contribution is 5.87. The summed E-state index contributed by atoms with van der Waals surface area (Å²) in [5.41, 5.74) is 1.10. The number of nitrogens with zero attached hydrogens (tertiary/aromatic N) is 1. The van der Waals surface area contributed by atoms with Gasteiger partial charge >= 0.3 is 12.0 Å². The fourth-order valence-corrected chi connectivity index (χ4v) is 1.81. The lowest BCUT2D eigenvalue weighted by Gasteiger charge is -2.20. The van der Waals surface area contributed by atoms with Crippen LogP contribution in [0, 0.1) is 0 Å². The highest BCUT2D eigenvalue weighted by atomic mass is 16.5. The van der Waals surface area contributed by atoms with Gasteiger partial charge in [-0.1, -0.05) is 12.1 Å². The Kier molecular flexibility index (Phi) is 6.68. The molecule has 1 atom stereocenters. The molecule has 0 saturated heterocycles. The van der Waals surface area contributed by atoms with E-state index in [1.165, 1.54) is 17.0 Å². The van der Waals surface area contributed by atoms with Crippen molar-refractivity contribution in [3.05, 3.63) is 35.4 Å². The van der Waals surface area contributed by atoms with E-state index in [2.05, 4.69) is 5.32 Å². The monoisotopic (exact) mass is 294 g/mol. The normalized spacial score (nSPS) is 11.8. The molecular formula is C15H22N2O4. The maximum absolute atomic E-state index is 11.9. The Morgan fingerprint density at radius 3 is 2.48 bits per heavy atom. The first-order valence-corrected chi connectivity index (χ1v) is 6.86. The van der Waals surface area contributed by atoms with E-state index in [4.69, 9.17) is 9.84 Å². The van der Waals surface area contributed by atoms with Crippen LogP contribution in [0.4, 0.5) is 4.79 Å². The fourth-order valence-electron chi connectivity index (χ4n) is 1.81. The number of aromatic carboxylic acids is 1. The molecule has 0 aliphatic carbocycles. The third kappa shape index (κ3) is 5.83. The summed E-state index contributed by atoms with van der Waals surface area (Å²) in [4.78, 5) is 24.2. The van der Waals surface area contributed by atoms with Crippen molar-refractivity contribution in [1.29, 1.82) is 0 Å². The summed E-state index contributed by atoms with van der Waals surface area (Å²) in [5, 5.41) is 11.6. The zero-order valence-corrected chi connectivity index (χ0v) is 12.6. The first-order chi connectivity index (χ1) is 9.93. The van der Waals surface area contributed by atoms with Crippen LogP contribution in [0.1, 0.15) is 29.8 Å². The van der Waals surface area contributed by atoms with Gasteiger partial charge in [0, 0.05) is 26.7 Å². The molecule has 0 fully saturated rings. The number of carbonyl (C=O) groups excluding carboxylic acids is 1. The zero-order chi connectivity index (χ0) is 15.8. The summed E-state index contributed by atoms with van der Waals surface area (Å²) in [7, 11) is 1.69. The molecule has 2 amide bonds. The van der Waals surface area contributed by atoms with E-state index in [1.807, 2.05) is 13.8 Å². The van der Waals surface area contributed by atoms with E-state index < -0.39 is 5.97 Å². The van der Waals surface area contributed by atoms with Crippen molar-refractivity contribution >= 4 is 12.0 Å². The predicted molar refractivity (Wildman–Crippen MR) is 79.4 cm³/mol. The van der Waals surface area contributed by atoms with Crippen molar-refractivity contribution in [2.24, 2.45) is 0 Å². The van der Waals surface area contributed by atoms with Crippen LogP contribution in [0.15, 0.2) is 24.3 Å². The van der Waals surface area contributed by atoms with E-state index >= 15 is 0 Å². The molecule has 0 aliphatic heterocycles. The Bertz CT molecular complexity index is 473. The molecule has 1 aromatic carbocycles. The zero-order valence-electron chi connectivity index (χ0n) is 12.6. The number of hydrogen-bond donors (Lipinski definition) is 2. The van der Waals surface area contributed by atoms with Gasteiger partial charge in [0.15, 0.2) is 0 Å². The number of urea groups is 1. The van der Waals surface area contributed by atoms with Crippen LogP contribution in [-0.4, -0.2) is 48.3 Å². The minimum atomic E-state index is -0.961. The van der Waals surface area contributed by atoms with Crippen LogP contribution in [-0.2, 0) is 11.3 Å². The van der Waals surface area contributed by atoms with Crippen molar-refractivity contribution in [3.63, 3.8) is 0 Å². The standard InChI is InChI=1S/C15H22N2O4/c1-4-21-11(2)9-16-15(20)17(3)10-12-5-7-13(8-6-12)14(18)19/h5-8,11H,4,9-10H2,1-3H3,(H,16,20)(H,18,19). The second kappa shape index (κ2) is 8.26. The van der Waals surface area contributed by atoms with Crippen molar-refractivity contribution < 1.29 is 19.4 Å². The van der Waals surface area contributed by atoms with Gasteiger partial charge in [-0.15, -0.1) is 0 Å². The van der Waals surface area contributed by atoms with E-state index in [9.17, 15) is 9.59 Å². The van der Waals surface area contributed by atoms with Gasteiger partial charge in [-0.2, -0.15) is 0 Å². The van der Waals surface area contributed by atoms with Gasteiger partial charge in [-0.25, -0.2) is 9.59 Å². The van der Waals surface area contributed by atoms with Gasteiger partial charge in [0.25, 0.3) is 0 Å². The van der Waals surface area contributed by atoms with Crippen molar-refractivity contribution in [2.45, 2.75) is 26.5 Å². The summed E-state index contributed by atoms with van der Waals surface area (Å²) in [6.45, 7) is 5.28. The van der Waals surface area contributed by atoms with Gasteiger partial charge < -0.3 is 20.1 Å². The Balaban J connectivity index is 2.46. The first-order valence-electron chi connectivity index (χ1n) is 6.86. The quantitative estimate of drug-likeness (QED) is 0.805. The molecule has 6 heteroatoms. The number of hydrogen-bond acceptors (Lipinski definition) is 3. The van der Waals surface area contributed by atoms with Crippen LogP contribution in [0.25, 0.3) is 0 Å². The third-order valence-electron chi connectivity index (χ3n) is 2.96. The van der Waals surface area contributed by atoms with Crippen molar-refractivity contribution in [3.8, 4) is 0 Å². The number of ether oxygens (including phenoxy) is 1. The molecule has 1 unspecified atom stereocenters. The maximum atomic E-state index is 11.9. The molecule has 1 rings (SSSR count). The van der Waals surface area contributed by atoms with Crippen molar-refractivity contribution in [1.82, 2.24) is 10.2 Å². The summed E-state index contributed by atoms with van der Waals surface area (Å²) < 4.78 is 5.34. The molecule has 21 heavy (non-hydrogen) atoms. The summed E-state index contributed by atoms with van der Waals surface area (Å²) in [6.07, 6.45) is -0.0257. The molecular weight excluding hydrogens is 272 g/mol. The number of benzene rings is 1. The number of nitrogens with one attached hydrogen (secondary N) is 1. The largest absolute Gasteiger partial charge is 0.478 e. The Morgan fingerprint density at radius 2 is 1.95 bits per heavy atom. The van der Waals surface area contributed by atoms with Crippen LogP contribution < -0.4 is 5.32 Å². The number of carboxylic acid groups (broad SMARTS) is 1.